The largest absolute Gasteiger partial charge is 0.343 e. The van der Waals surface area contributed by atoms with Crippen molar-refractivity contribution < 1.29 is 4.79 Å². The standard InChI is InChI=1S/C13H11N5OS2/c1-7(19)16-8-2-3-9-10(6-8)21-13(17-9)18-12(20)11-14-4-5-15-11/h2-6H,1H3,(H,14,15)(H,16,19)(H,17,18,20). The molecule has 1 aromatic carbocycles. The summed E-state index contributed by atoms with van der Waals surface area (Å²) in [5.74, 6) is 0.499. The van der Waals surface area contributed by atoms with Crippen LogP contribution in [0.2, 0.25) is 0 Å². The lowest BCUT2D eigenvalue weighted by molar-refractivity contribution is -0.114. The minimum Gasteiger partial charge on any atom is -0.343 e. The topological polar surface area (TPSA) is 82.7 Å². The molecular weight excluding hydrogens is 306 g/mol. The van der Waals surface area contributed by atoms with Gasteiger partial charge in [0, 0.05) is 25.0 Å². The highest BCUT2D eigenvalue weighted by molar-refractivity contribution is 7.81. The van der Waals surface area contributed by atoms with Crippen LogP contribution in [0.1, 0.15) is 12.7 Å². The number of benzene rings is 1. The number of amides is 1. The Morgan fingerprint density at radius 2 is 2.24 bits per heavy atom. The predicted octanol–water partition coefficient (Wildman–Crippen LogP) is 2.77. The molecule has 0 aliphatic carbocycles. The van der Waals surface area contributed by atoms with E-state index >= 15 is 0 Å². The fourth-order valence-electron chi connectivity index (χ4n) is 1.80. The number of aromatic nitrogens is 3. The summed E-state index contributed by atoms with van der Waals surface area (Å²) in [7, 11) is 0. The molecule has 1 amide bonds. The highest BCUT2D eigenvalue weighted by atomic mass is 32.1. The van der Waals surface area contributed by atoms with Crippen molar-refractivity contribution in [1.82, 2.24) is 15.0 Å². The van der Waals surface area contributed by atoms with Gasteiger partial charge < -0.3 is 15.6 Å². The van der Waals surface area contributed by atoms with Crippen molar-refractivity contribution in [2.75, 3.05) is 10.6 Å². The van der Waals surface area contributed by atoms with Crippen LogP contribution in [0.5, 0.6) is 0 Å². The summed E-state index contributed by atoms with van der Waals surface area (Å²) in [5.41, 5.74) is 1.60. The number of carbonyl (C=O) groups is 1. The molecule has 6 nitrogen and oxygen atoms in total. The normalized spacial score (nSPS) is 10.5. The smallest absolute Gasteiger partial charge is 0.221 e. The number of thiocarbonyl (C=S) groups is 1. The van der Waals surface area contributed by atoms with Crippen molar-refractivity contribution in [1.29, 1.82) is 0 Å². The third kappa shape index (κ3) is 3.06. The average molecular weight is 317 g/mol. The quantitative estimate of drug-likeness (QED) is 0.647. The van der Waals surface area contributed by atoms with E-state index in [1.807, 2.05) is 18.2 Å². The van der Waals surface area contributed by atoms with Gasteiger partial charge in [-0.05, 0) is 18.2 Å². The van der Waals surface area contributed by atoms with E-state index in [2.05, 4.69) is 25.6 Å². The highest BCUT2D eigenvalue weighted by Gasteiger charge is 2.09. The summed E-state index contributed by atoms with van der Waals surface area (Å²) >= 11 is 6.71. The van der Waals surface area contributed by atoms with Crippen LogP contribution < -0.4 is 10.6 Å². The van der Waals surface area contributed by atoms with Crippen molar-refractivity contribution >= 4 is 55.5 Å². The summed E-state index contributed by atoms with van der Waals surface area (Å²) in [5, 5.41) is 6.49. The second-order valence-corrected chi connectivity index (χ2v) is 5.71. The van der Waals surface area contributed by atoms with Crippen molar-refractivity contribution in [3.8, 4) is 0 Å². The lowest BCUT2D eigenvalue weighted by Crippen LogP contribution is -2.11. The number of hydrogen-bond donors (Lipinski definition) is 3. The Hall–Kier alpha value is -2.32. The molecule has 2 heterocycles. The number of nitrogens with one attached hydrogen (secondary N) is 3. The number of hydrogen-bond acceptors (Lipinski definition) is 5. The summed E-state index contributed by atoms with van der Waals surface area (Å²) in [6.07, 6.45) is 3.35. The molecule has 0 atom stereocenters. The molecule has 0 radical (unpaired) electrons. The van der Waals surface area contributed by atoms with E-state index in [1.165, 1.54) is 18.3 Å². The number of carbonyl (C=O) groups excluding carboxylic acids is 1. The van der Waals surface area contributed by atoms with Gasteiger partial charge in [0.05, 0.1) is 10.2 Å². The summed E-state index contributed by atoms with van der Waals surface area (Å²) in [4.78, 5) is 23.0. The minimum absolute atomic E-state index is 0.101. The fraction of sp³-hybridized carbons (Fsp3) is 0.0769. The van der Waals surface area contributed by atoms with Gasteiger partial charge in [0.1, 0.15) is 4.99 Å². The molecule has 0 aliphatic heterocycles. The molecule has 3 N–H and O–H groups in total. The lowest BCUT2D eigenvalue weighted by atomic mass is 10.3. The molecule has 0 spiro atoms. The van der Waals surface area contributed by atoms with Crippen LogP contribution >= 0.6 is 23.6 Å². The highest BCUT2D eigenvalue weighted by Crippen LogP contribution is 2.28. The van der Waals surface area contributed by atoms with E-state index in [9.17, 15) is 4.79 Å². The molecule has 21 heavy (non-hydrogen) atoms. The van der Waals surface area contributed by atoms with Gasteiger partial charge in [0.15, 0.2) is 11.0 Å². The second kappa shape index (κ2) is 5.58. The van der Waals surface area contributed by atoms with Crippen LogP contribution in [0.3, 0.4) is 0 Å². The molecule has 0 unspecified atom stereocenters. The van der Waals surface area contributed by atoms with Crippen LogP contribution in [0.25, 0.3) is 10.2 Å². The number of imidazole rings is 1. The molecule has 8 heteroatoms. The van der Waals surface area contributed by atoms with E-state index in [-0.39, 0.29) is 5.91 Å². The monoisotopic (exact) mass is 317 g/mol. The van der Waals surface area contributed by atoms with Crippen molar-refractivity contribution in [2.24, 2.45) is 0 Å². The third-order valence-electron chi connectivity index (χ3n) is 2.64. The minimum atomic E-state index is -0.101. The first-order chi connectivity index (χ1) is 10.1. The van der Waals surface area contributed by atoms with Crippen LogP contribution in [-0.4, -0.2) is 25.8 Å². The average Bonchev–Trinajstić information content (AvgIpc) is 3.05. The molecule has 0 fully saturated rings. The molecule has 0 saturated carbocycles. The molecule has 0 bridgehead atoms. The van der Waals surface area contributed by atoms with Crippen LogP contribution in [-0.2, 0) is 4.79 Å². The van der Waals surface area contributed by atoms with Crippen molar-refractivity contribution in [3.05, 3.63) is 36.4 Å². The fourth-order valence-corrected chi connectivity index (χ4v) is 2.99. The van der Waals surface area contributed by atoms with E-state index < -0.39 is 0 Å². The van der Waals surface area contributed by atoms with Gasteiger partial charge in [-0.1, -0.05) is 23.6 Å². The summed E-state index contributed by atoms with van der Waals surface area (Å²) in [6, 6.07) is 5.56. The van der Waals surface area contributed by atoms with E-state index in [4.69, 9.17) is 12.2 Å². The summed E-state index contributed by atoms with van der Waals surface area (Å²) < 4.78 is 0.964. The van der Waals surface area contributed by atoms with E-state index in [0.29, 0.717) is 15.9 Å². The van der Waals surface area contributed by atoms with Gasteiger partial charge in [-0.3, -0.25) is 4.79 Å². The predicted molar refractivity (Wildman–Crippen MR) is 87.8 cm³/mol. The number of nitrogens with zero attached hydrogens (tertiary/aromatic N) is 2. The molecule has 0 aliphatic rings. The van der Waals surface area contributed by atoms with E-state index in [0.717, 1.165) is 15.9 Å². The Morgan fingerprint density at radius 3 is 2.95 bits per heavy atom. The zero-order chi connectivity index (χ0) is 14.8. The first-order valence-corrected chi connectivity index (χ1v) is 7.33. The first-order valence-electron chi connectivity index (χ1n) is 6.11. The zero-order valence-electron chi connectivity index (χ0n) is 11.0. The van der Waals surface area contributed by atoms with Crippen molar-refractivity contribution in [2.45, 2.75) is 6.92 Å². The Balaban J connectivity index is 1.84. The van der Waals surface area contributed by atoms with Gasteiger partial charge in [0.25, 0.3) is 0 Å². The number of fused-ring (bicyclic) bond motifs is 1. The summed E-state index contributed by atoms with van der Waals surface area (Å²) in [6.45, 7) is 1.48. The van der Waals surface area contributed by atoms with Crippen LogP contribution in [0, 0.1) is 0 Å². The number of aromatic amines is 1. The van der Waals surface area contributed by atoms with Gasteiger partial charge in [-0.25, -0.2) is 9.97 Å². The molecule has 3 aromatic rings. The Morgan fingerprint density at radius 1 is 1.38 bits per heavy atom. The lowest BCUT2D eigenvalue weighted by Gasteiger charge is -2.00. The molecular formula is C13H11N5OS2. The van der Waals surface area contributed by atoms with Crippen LogP contribution in [0.4, 0.5) is 10.8 Å². The number of anilines is 2. The second-order valence-electron chi connectivity index (χ2n) is 4.27. The third-order valence-corrected chi connectivity index (χ3v) is 3.87. The number of rotatable bonds is 3. The SMILES string of the molecule is CC(=O)Nc1ccc2nc(NC(=S)c3ncc[nH]3)sc2c1. The first kappa shape index (κ1) is 13.7. The molecule has 106 valence electrons. The Kier molecular flexibility index (Phi) is 3.63. The van der Waals surface area contributed by atoms with Gasteiger partial charge in [-0.2, -0.15) is 0 Å². The maximum atomic E-state index is 11.1. The maximum absolute atomic E-state index is 11.1. The van der Waals surface area contributed by atoms with Crippen molar-refractivity contribution in [3.63, 3.8) is 0 Å². The Labute approximate surface area is 129 Å². The van der Waals surface area contributed by atoms with Gasteiger partial charge >= 0.3 is 0 Å². The molecule has 2 aromatic heterocycles. The van der Waals surface area contributed by atoms with Gasteiger partial charge in [0.2, 0.25) is 5.91 Å². The molecule has 3 rings (SSSR count). The van der Waals surface area contributed by atoms with E-state index in [1.54, 1.807) is 12.4 Å². The van der Waals surface area contributed by atoms with Gasteiger partial charge in [-0.15, -0.1) is 0 Å². The Bertz CT molecular complexity index is 809. The number of H-pyrrole nitrogens is 1. The maximum Gasteiger partial charge on any atom is 0.221 e. The number of thiazole rings is 1. The zero-order valence-corrected chi connectivity index (χ0v) is 12.6. The molecule has 0 saturated heterocycles. The van der Waals surface area contributed by atoms with Crippen LogP contribution in [0.15, 0.2) is 30.6 Å².